The maximum atomic E-state index is 12.3. The monoisotopic (exact) mass is 287 g/mol. The molecule has 1 fully saturated rings. The average molecular weight is 287 g/mol. The van der Waals surface area contributed by atoms with Crippen LogP contribution >= 0.6 is 0 Å². The zero-order valence-electron chi connectivity index (χ0n) is 12.5. The highest BCUT2D eigenvalue weighted by Gasteiger charge is 2.24. The molecule has 5 nitrogen and oxygen atoms in total. The first-order valence-corrected chi connectivity index (χ1v) is 7.42. The highest BCUT2D eigenvalue weighted by atomic mass is 16.5. The van der Waals surface area contributed by atoms with Gasteiger partial charge in [-0.05, 0) is 37.8 Å². The molecule has 2 aromatic rings. The van der Waals surface area contributed by atoms with Crippen molar-refractivity contribution in [2.75, 3.05) is 7.11 Å². The molecular weight excluding hydrogens is 266 g/mol. The van der Waals surface area contributed by atoms with E-state index in [2.05, 4.69) is 9.55 Å². The average Bonchev–Trinajstić information content (AvgIpc) is 2.99. The highest BCUT2D eigenvalue weighted by molar-refractivity contribution is 5.54. The summed E-state index contributed by atoms with van der Waals surface area (Å²) in [4.78, 5) is 16.7. The predicted octanol–water partition coefficient (Wildman–Crippen LogP) is 2.38. The molecule has 0 N–H and O–H groups in total. The molecule has 0 radical (unpaired) electrons. The van der Waals surface area contributed by atoms with Gasteiger partial charge in [-0.15, -0.1) is 0 Å². The van der Waals surface area contributed by atoms with E-state index >= 15 is 0 Å². The van der Waals surface area contributed by atoms with Crippen molar-refractivity contribution in [3.63, 3.8) is 0 Å². The summed E-state index contributed by atoms with van der Waals surface area (Å²) in [6.07, 6.45) is 10.2. The lowest BCUT2D eigenvalue weighted by molar-refractivity contribution is 0.0586. The lowest BCUT2D eigenvalue weighted by atomic mass is 9.92. The van der Waals surface area contributed by atoms with Crippen LogP contribution in [0.4, 0.5) is 0 Å². The van der Waals surface area contributed by atoms with E-state index in [-0.39, 0.29) is 5.56 Å². The summed E-state index contributed by atoms with van der Waals surface area (Å²) in [5, 5.41) is 0. The van der Waals surface area contributed by atoms with Gasteiger partial charge in [0.25, 0.3) is 5.56 Å². The van der Waals surface area contributed by atoms with Gasteiger partial charge in [-0.1, -0.05) is 0 Å². The van der Waals surface area contributed by atoms with Crippen molar-refractivity contribution in [3.05, 3.63) is 41.1 Å². The highest BCUT2D eigenvalue weighted by Crippen LogP contribution is 2.32. The van der Waals surface area contributed by atoms with E-state index in [0.29, 0.717) is 17.7 Å². The summed E-state index contributed by atoms with van der Waals surface area (Å²) < 4.78 is 9.18. The van der Waals surface area contributed by atoms with Crippen LogP contribution in [0.3, 0.4) is 0 Å². The van der Waals surface area contributed by atoms with E-state index in [1.807, 2.05) is 18.3 Å². The van der Waals surface area contributed by atoms with Crippen LogP contribution < -0.4 is 5.56 Å². The Labute approximate surface area is 124 Å². The van der Waals surface area contributed by atoms with Crippen LogP contribution in [-0.4, -0.2) is 27.3 Å². The quantitative estimate of drug-likeness (QED) is 0.871. The summed E-state index contributed by atoms with van der Waals surface area (Å²) >= 11 is 0. The molecule has 5 heteroatoms. The molecule has 0 aromatic carbocycles. The van der Waals surface area contributed by atoms with Crippen LogP contribution in [0.2, 0.25) is 0 Å². The summed E-state index contributed by atoms with van der Waals surface area (Å²) in [6.45, 7) is 0. The Morgan fingerprint density at radius 3 is 2.71 bits per heavy atom. The maximum absolute atomic E-state index is 12.3. The molecule has 0 atom stereocenters. The van der Waals surface area contributed by atoms with Crippen LogP contribution in [0, 0.1) is 0 Å². The fourth-order valence-corrected chi connectivity index (χ4v) is 3.14. The standard InChI is InChI=1S/C16H21N3O2/c1-18-10-3-4-14(16(18)20)15-17-9-11-19(15)12-5-7-13(21-2)8-6-12/h3-4,9-13H,5-8H2,1-2H3. The van der Waals surface area contributed by atoms with Gasteiger partial charge < -0.3 is 13.9 Å². The molecule has 112 valence electrons. The van der Waals surface area contributed by atoms with Gasteiger partial charge in [-0.2, -0.15) is 0 Å². The first kappa shape index (κ1) is 14.1. The number of aryl methyl sites for hydroxylation is 1. The first-order chi connectivity index (χ1) is 10.2. The molecule has 2 aromatic heterocycles. The van der Waals surface area contributed by atoms with Crippen LogP contribution in [0.5, 0.6) is 0 Å². The second-order valence-corrected chi connectivity index (χ2v) is 5.66. The number of aromatic nitrogens is 3. The van der Waals surface area contributed by atoms with Crippen molar-refractivity contribution < 1.29 is 4.74 Å². The number of pyridine rings is 1. The molecule has 1 saturated carbocycles. The van der Waals surface area contributed by atoms with E-state index in [9.17, 15) is 4.79 Å². The minimum Gasteiger partial charge on any atom is -0.381 e. The van der Waals surface area contributed by atoms with Crippen molar-refractivity contribution in [2.24, 2.45) is 7.05 Å². The van der Waals surface area contributed by atoms with Gasteiger partial charge in [0.15, 0.2) is 0 Å². The van der Waals surface area contributed by atoms with E-state index in [1.165, 1.54) is 0 Å². The molecule has 0 spiro atoms. The molecular formula is C16H21N3O2. The van der Waals surface area contributed by atoms with Gasteiger partial charge in [0.05, 0.1) is 11.7 Å². The second-order valence-electron chi connectivity index (χ2n) is 5.66. The molecule has 0 unspecified atom stereocenters. The Hall–Kier alpha value is -1.88. The largest absolute Gasteiger partial charge is 0.381 e. The van der Waals surface area contributed by atoms with E-state index in [1.54, 1.807) is 31.1 Å². The smallest absolute Gasteiger partial charge is 0.261 e. The number of hydrogen-bond donors (Lipinski definition) is 0. The van der Waals surface area contributed by atoms with E-state index < -0.39 is 0 Å². The van der Waals surface area contributed by atoms with Gasteiger partial charge in [-0.25, -0.2) is 4.98 Å². The third kappa shape index (κ3) is 2.65. The van der Waals surface area contributed by atoms with Crippen molar-refractivity contribution in [3.8, 4) is 11.4 Å². The summed E-state index contributed by atoms with van der Waals surface area (Å²) in [7, 11) is 3.55. The molecule has 0 amide bonds. The van der Waals surface area contributed by atoms with Crippen molar-refractivity contribution in [1.29, 1.82) is 0 Å². The van der Waals surface area contributed by atoms with Gasteiger partial charge in [0.2, 0.25) is 0 Å². The number of ether oxygens (including phenoxy) is 1. The Bertz CT molecular complexity index is 666. The maximum Gasteiger partial charge on any atom is 0.261 e. The zero-order chi connectivity index (χ0) is 14.8. The topological polar surface area (TPSA) is 49.0 Å². The number of hydrogen-bond acceptors (Lipinski definition) is 3. The van der Waals surface area contributed by atoms with Crippen molar-refractivity contribution in [1.82, 2.24) is 14.1 Å². The minimum absolute atomic E-state index is 0.00414. The fourth-order valence-electron chi connectivity index (χ4n) is 3.14. The van der Waals surface area contributed by atoms with Crippen LogP contribution in [-0.2, 0) is 11.8 Å². The number of nitrogens with zero attached hydrogens (tertiary/aromatic N) is 3. The Kier molecular flexibility index (Phi) is 3.92. The lowest BCUT2D eigenvalue weighted by Crippen LogP contribution is -2.24. The van der Waals surface area contributed by atoms with Crippen LogP contribution in [0.25, 0.3) is 11.4 Å². The summed E-state index contributed by atoms with van der Waals surface area (Å²) in [5.74, 6) is 0.775. The third-order valence-electron chi connectivity index (χ3n) is 4.40. The predicted molar refractivity (Wildman–Crippen MR) is 81.2 cm³/mol. The van der Waals surface area contributed by atoms with Gasteiger partial charge >= 0.3 is 0 Å². The lowest BCUT2D eigenvalue weighted by Gasteiger charge is -2.29. The van der Waals surface area contributed by atoms with Crippen LogP contribution in [0.15, 0.2) is 35.5 Å². The molecule has 0 aliphatic heterocycles. The Morgan fingerprint density at radius 1 is 1.24 bits per heavy atom. The molecule has 1 aliphatic carbocycles. The molecule has 1 aliphatic rings. The Balaban J connectivity index is 1.91. The van der Waals surface area contributed by atoms with Crippen molar-refractivity contribution >= 4 is 0 Å². The molecule has 0 saturated heterocycles. The second kappa shape index (κ2) is 5.85. The summed E-state index contributed by atoms with van der Waals surface area (Å²) in [6, 6.07) is 4.14. The van der Waals surface area contributed by atoms with E-state index in [0.717, 1.165) is 31.5 Å². The zero-order valence-corrected chi connectivity index (χ0v) is 12.5. The molecule has 3 rings (SSSR count). The molecule has 2 heterocycles. The number of rotatable bonds is 3. The van der Waals surface area contributed by atoms with E-state index in [4.69, 9.17) is 4.74 Å². The Morgan fingerprint density at radius 2 is 2.00 bits per heavy atom. The summed E-state index contributed by atoms with van der Waals surface area (Å²) in [5.41, 5.74) is 0.661. The number of imidazole rings is 1. The third-order valence-corrected chi connectivity index (χ3v) is 4.40. The molecule has 21 heavy (non-hydrogen) atoms. The fraction of sp³-hybridized carbons (Fsp3) is 0.500. The number of methoxy groups -OCH3 is 1. The minimum atomic E-state index is -0.00414. The SMILES string of the molecule is COC1CCC(n2ccnc2-c2cccn(C)c2=O)CC1. The van der Waals surface area contributed by atoms with Gasteiger partial charge in [0.1, 0.15) is 5.82 Å². The van der Waals surface area contributed by atoms with Gasteiger partial charge in [0, 0.05) is 38.8 Å². The van der Waals surface area contributed by atoms with Crippen molar-refractivity contribution in [2.45, 2.75) is 37.8 Å². The normalized spacial score (nSPS) is 22.4. The van der Waals surface area contributed by atoms with Crippen LogP contribution in [0.1, 0.15) is 31.7 Å². The van der Waals surface area contributed by atoms with Gasteiger partial charge in [-0.3, -0.25) is 4.79 Å². The first-order valence-electron chi connectivity index (χ1n) is 7.42. The molecule has 0 bridgehead atoms.